The lowest BCUT2D eigenvalue weighted by atomic mass is 9.88. The molecule has 0 radical (unpaired) electrons. The second kappa shape index (κ2) is 8.05. The fourth-order valence-corrected chi connectivity index (χ4v) is 3.22. The van der Waals surface area contributed by atoms with E-state index in [9.17, 15) is 24.8 Å². The van der Waals surface area contributed by atoms with Crippen LogP contribution in [0.5, 0.6) is 5.75 Å². The Hall–Kier alpha value is -3.46. The minimum Gasteiger partial charge on any atom is -0.867 e. The lowest BCUT2D eigenvalue weighted by Gasteiger charge is -2.15. The highest BCUT2D eigenvalue weighted by atomic mass is 35.5. The fraction of sp³-hybridized carbons (Fsp3) is 0.167. The average molecular weight is 402 g/mol. The van der Waals surface area contributed by atoms with E-state index in [1.165, 1.54) is 6.07 Å². The Balaban J connectivity index is 1.76. The fourth-order valence-electron chi connectivity index (χ4n) is 3.00. The molecule has 2 aromatic rings. The predicted octanol–water partition coefficient (Wildman–Crippen LogP) is 1.30. The van der Waals surface area contributed by atoms with Crippen molar-refractivity contribution >= 4 is 35.3 Å². The van der Waals surface area contributed by atoms with Gasteiger partial charge in [0.25, 0.3) is 11.6 Å². The van der Waals surface area contributed by atoms with Gasteiger partial charge in [-0.15, -0.1) is 0 Å². The van der Waals surface area contributed by atoms with Crippen molar-refractivity contribution in [1.29, 1.82) is 0 Å². The zero-order valence-corrected chi connectivity index (χ0v) is 15.1. The summed E-state index contributed by atoms with van der Waals surface area (Å²) in [4.78, 5) is 34.6. The number of carbonyl (C=O) groups excluding carboxylic acids is 2. The van der Waals surface area contributed by atoms with Gasteiger partial charge < -0.3 is 10.4 Å². The molecule has 1 saturated heterocycles. The van der Waals surface area contributed by atoms with Gasteiger partial charge in [0, 0.05) is 23.6 Å². The van der Waals surface area contributed by atoms with Crippen molar-refractivity contribution in [2.45, 2.75) is 5.92 Å². The van der Waals surface area contributed by atoms with Gasteiger partial charge in [0.1, 0.15) is 5.92 Å². The first-order valence-corrected chi connectivity index (χ1v) is 8.57. The van der Waals surface area contributed by atoms with Crippen LogP contribution in [0, 0.1) is 16.0 Å². The standard InChI is InChI=1S/C18H15ClN4O5/c19-12-6-11(16(24)14(7-12)23(27)28)8-21-22-18(26)15-13(9-20-17(15)25)10-4-2-1-3-5-10/h1-8,13,15,24H,9H2,(H,20,25)(H,22,26)/p-1/t13-,15-/m1/s1. The molecule has 28 heavy (non-hydrogen) atoms. The molecular weight excluding hydrogens is 388 g/mol. The van der Waals surface area contributed by atoms with E-state index in [-0.39, 0.29) is 16.5 Å². The first-order valence-electron chi connectivity index (χ1n) is 8.19. The van der Waals surface area contributed by atoms with E-state index in [1.54, 1.807) is 0 Å². The van der Waals surface area contributed by atoms with Crippen LogP contribution in [0.4, 0.5) is 5.69 Å². The zero-order valence-electron chi connectivity index (χ0n) is 14.3. The Morgan fingerprint density at radius 1 is 1.32 bits per heavy atom. The number of hydrogen-bond donors (Lipinski definition) is 2. The Bertz CT molecular complexity index is 964. The van der Waals surface area contributed by atoms with Crippen LogP contribution in [-0.4, -0.2) is 29.5 Å². The van der Waals surface area contributed by atoms with Crippen molar-refractivity contribution < 1.29 is 19.6 Å². The molecule has 2 amide bonds. The monoisotopic (exact) mass is 401 g/mol. The van der Waals surface area contributed by atoms with Crippen LogP contribution in [0.15, 0.2) is 47.6 Å². The Morgan fingerprint density at radius 3 is 2.71 bits per heavy atom. The molecule has 1 aliphatic heterocycles. The molecule has 0 bridgehead atoms. The van der Waals surface area contributed by atoms with Gasteiger partial charge in [-0.2, -0.15) is 5.10 Å². The molecule has 2 atom stereocenters. The molecule has 10 heteroatoms. The summed E-state index contributed by atoms with van der Waals surface area (Å²) in [5, 5.41) is 29.2. The van der Waals surface area contributed by atoms with Gasteiger partial charge >= 0.3 is 0 Å². The molecule has 0 aliphatic carbocycles. The zero-order chi connectivity index (χ0) is 20.3. The average Bonchev–Trinajstić information content (AvgIpc) is 3.06. The van der Waals surface area contributed by atoms with Crippen LogP contribution in [0.25, 0.3) is 0 Å². The van der Waals surface area contributed by atoms with E-state index < -0.39 is 34.1 Å². The summed E-state index contributed by atoms with van der Waals surface area (Å²) in [5.41, 5.74) is 2.20. The minimum atomic E-state index is -0.986. The van der Waals surface area contributed by atoms with E-state index in [0.717, 1.165) is 17.8 Å². The van der Waals surface area contributed by atoms with Gasteiger partial charge in [-0.25, -0.2) is 5.43 Å². The van der Waals surface area contributed by atoms with Crippen molar-refractivity contribution in [2.24, 2.45) is 11.0 Å². The van der Waals surface area contributed by atoms with E-state index in [0.29, 0.717) is 6.54 Å². The van der Waals surface area contributed by atoms with Gasteiger partial charge in [-0.3, -0.25) is 19.7 Å². The second-order valence-electron chi connectivity index (χ2n) is 6.07. The summed E-state index contributed by atoms with van der Waals surface area (Å²) >= 11 is 5.77. The largest absolute Gasteiger partial charge is 0.867 e. The summed E-state index contributed by atoms with van der Waals surface area (Å²) < 4.78 is 0. The molecule has 1 aliphatic rings. The molecule has 0 spiro atoms. The maximum atomic E-state index is 12.5. The van der Waals surface area contributed by atoms with Gasteiger partial charge in [0.15, 0.2) is 0 Å². The van der Waals surface area contributed by atoms with E-state index in [4.69, 9.17) is 11.6 Å². The number of nitro benzene ring substituents is 1. The first kappa shape index (κ1) is 19.3. The van der Waals surface area contributed by atoms with Crippen LogP contribution < -0.4 is 15.8 Å². The summed E-state index contributed by atoms with van der Waals surface area (Å²) in [5.74, 6) is -3.30. The highest BCUT2D eigenvalue weighted by Gasteiger charge is 2.40. The number of rotatable bonds is 5. The van der Waals surface area contributed by atoms with Crippen LogP contribution in [0.3, 0.4) is 0 Å². The number of benzene rings is 2. The SMILES string of the molecule is O=C1NC[C@H](c2ccccc2)[C@H]1C(=O)NN=Cc1cc(Cl)cc([N+](=O)[O-])c1[O-]. The van der Waals surface area contributed by atoms with Crippen molar-refractivity contribution in [3.8, 4) is 5.75 Å². The Morgan fingerprint density at radius 2 is 2.04 bits per heavy atom. The third kappa shape index (κ3) is 3.94. The molecule has 144 valence electrons. The van der Waals surface area contributed by atoms with Crippen molar-refractivity contribution in [3.63, 3.8) is 0 Å². The number of hydrazone groups is 1. The van der Waals surface area contributed by atoms with Gasteiger partial charge in [-0.1, -0.05) is 41.9 Å². The summed E-state index contributed by atoms with van der Waals surface area (Å²) in [7, 11) is 0. The maximum absolute atomic E-state index is 12.5. The quantitative estimate of drug-likeness (QED) is 0.336. The molecule has 9 nitrogen and oxygen atoms in total. The minimum absolute atomic E-state index is 0.0154. The number of halogens is 1. The number of nitrogens with zero attached hydrogens (tertiary/aromatic N) is 2. The van der Waals surface area contributed by atoms with Gasteiger partial charge in [-0.05, 0) is 22.9 Å². The van der Waals surface area contributed by atoms with Gasteiger partial charge in [0.05, 0.1) is 11.1 Å². The van der Waals surface area contributed by atoms with Crippen LogP contribution >= 0.6 is 11.6 Å². The van der Waals surface area contributed by atoms with E-state index in [2.05, 4.69) is 15.8 Å². The smallest absolute Gasteiger partial charge is 0.263 e. The number of amides is 2. The molecule has 0 saturated carbocycles. The number of carbonyl (C=O) groups is 2. The van der Waals surface area contributed by atoms with Crippen molar-refractivity contribution in [1.82, 2.24) is 10.7 Å². The summed E-state index contributed by atoms with van der Waals surface area (Å²) in [6.45, 7) is 0.315. The number of nitro groups is 1. The van der Waals surface area contributed by atoms with Crippen LogP contribution in [0.2, 0.25) is 5.02 Å². The summed E-state index contributed by atoms with van der Waals surface area (Å²) in [6, 6.07) is 11.2. The summed E-state index contributed by atoms with van der Waals surface area (Å²) in [6.07, 6.45) is 0.962. The van der Waals surface area contributed by atoms with E-state index in [1.807, 2.05) is 30.3 Å². The first-order chi connectivity index (χ1) is 13.4. The third-order valence-electron chi connectivity index (χ3n) is 4.33. The highest BCUT2D eigenvalue weighted by Crippen LogP contribution is 2.30. The van der Waals surface area contributed by atoms with Gasteiger partial charge in [0.2, 0.25) is 5.91 Å². The second-order valence-corrected chi connectivity index (χ2v) is 6.51. The predicted molar refractivity (Wildman–Crippen MR) is 99.0 cm³/mol. The maximum Gasteiger partial charge on any atom is 0.263 e. The number of nitrogens with one attached hydrogen (secondary N) is 2. The Labute approximate surface area is 164 Å². The van der Waals surface area contributed by atoms with Crippen molar-refractivity contribution in [3.05, 3.63) is 68.7 Å². The van der Waals surface area contributed by atoms with Crippen LogP contribution in [0.1, 0.15) is 17.0 Å². The van der Waals surface area contributed by atoms with E-state index >= 15 is 0 Å². The molecule has 0 aromatic heterocycles. The van der Waals surface area contributed by atoms with Crippen molar-refractivity contribution in [2.75, 3.05) is 6.54 Å². The Kier molecular flexibility index (Phi) is 5.55. The molecule has 2 aromatic carbocycles. The molecule has 1 fully saturated rings. The molecule has 1 heterocycles. The topological polar surface area (TPSA) is 137 Å². The highest BCUT2D eigenvalue weighted by molar-refractivity contribution is 6.31. The number of hydrogen-bond acceptors (Lipinski definition) is 6. The van der Waals surface area contributed by atoms with Crippen LogP contribution in [-0.2, 0) is 9.59 Å². The molecule has 2 N–H and O–H groups in total. The molecular formula is C18H14ClN4O5-. The lowest BCUT2D eigenvalue weighted by Crippen LogP contribution is -2.34. The molecule has 3 rings (SSSR count). The molecule has 0 unspecified atom stereocenters. The third-order valence-corrected chi connectivity index (χ3v) is 4.55. The lowest BCUT2D eigenvalue weighted by molar-refractivity contribution is -0.398. The normalized spacial score (nSPS) is 18.8.